The molecule has 7 nitrogen and oxygen atoms in total. The van der Waals surface area contributed by atoms with Crippen molar-refractivity contribution in [1.29, 1.82) is 5.26 Å². The first-order valence-corrected chi connectivity index (χ1v) is 8.21. The summed E-state index contributed by atoms with van der Waals surface area (Å²) in [6.45, 7) is 0. The number of nitrogens with zero attached hydrogens (tertiary/aromatic N) is 2. The molecule has 3 aromatic rings. The quantitative estimate of drug-likeness (QED) is 0.661. The van der Waals surface area contributed by atoms with E-state index in [0.717, 1.165) is 11.1 Å². The third-order valence-corrected chi connectivity index (χ3v) is 4.52. The van der Waals surface area contributed by atoms with Gasteiger partial charge in [0.25, 0.3) is 0 Å². The number of phenolic OH excluding ortho intramolecular Hbond substituents is 1. The smallest absolute Gasteiger partial charge is 0.244 e. The van der Waals surface area contributed by atoms with Crippen LogP contribution in [0.15, 0.2) is 60.0 Å². The summed E-state index contributed by atoms with van der Waals surface area (Å²) in [5.74, 6) is 0.708. The van der Waals surface area contributed by atoms with Crippen LogP contribution in [0, 0.1) is 11.3 Å². The molecule has 134 valence electrons. The second-order valence-corrected chi connectivity index (χ2v) is 6.07. The lowest BCUT2D eigenvalue weighted by Gasteiger charge is -2.24. The molecule has 4 rings (SSSR count). The maximum atomic E-state index is 9.69. The number of nitrogens with two attached hydrogens (primary N) is 1. The minimum atomic E-state index is -0.473. The van der Waals surface area contributed by atoms with Crippen molar-refractivity contribution >= 4 is 0 Å². The zero-order valence-corrected chi connectivity index (χ0v) is 14.4. The molecule has 2 aromatic carbocycles. The van der Waals surface area contributed by atoms with Gasteiger partial charge in [0.1, 0.15) is 23.1 Å². The van der Waals surface area contributed by atoms with E-state index in [4.69, 9.17) is 15.2 Å². The molecule has 0 spiro atoms. The minimum absolute atomic E-state index is 0.0202. The molecule has 1 aromatic heterocycles. The Balaban J connectivity index is 1.93. The Morgan fingerprint density at radius 3 is 2.74 bits per heavy atom. The number of fused-ring (bicyclic) bond motifs is 1. The van der Waals surface area contributed by atoms with Crippen LogP contribution in [0.5, 0.6) is 17.4 Å². The number of ether oxygens (including phenoxy) is 2. The number of aromatic hydroxyl groups is 1. The molecule has 0 unspecified atom stereocenters. The van der Waals surface area contributed by atoms with Crippen molar-refractivity contribution in [2.24, 2.45) is 5.73 Å². The van der Waals surface area contributed by atoms with Crippen molar-refractivity contribution < 1.29 is 14.6 Å². The van der Waals surface area contributed by atoms with Crippen LogP contribution in [0.25, 0.3) is 11.3 Å². The number of methoxy groups -OCH3 is 1. The number of nitrogens with one attached hydrogen (secondary N) is 1. The van der Waals surface area contributed by atoms with Crippen LogP contribution in [-0.4, -0.2) is 22.4 Å². The fourth-order valence-electron chi connectivity index (χ4n) is 3.24. The predicted octanol–water partition coefficient (Wildman–Crippen LogP) is 3.01. The molecule has 1 aliphatic rings. The van der Waals surface area contributed by atoms with Gasteiger partial charge in [0.15, 0.2) is 0 Å². The molecule has 7 heteroatoms. The largest absolute Gasteiger partial charge is 0.508 e. The summed E-state index contributed by atoms with van der Waals surface area (Å²) in [7, 11) is 1.60. The number of hydrogen-bond acceptors (Lipinski definition) is 6. The van der Waals surface area contributed by atoms with Gasteiger partial charge < -0.3 is 20.3 Å². The second-order valence-electron chi connectivity index (χ2n) is 6.07. The minimum Gasteiger partial charge on any atom is -0.508 e. The summed E-state index contributed by atoms with van der Waals surface area (Å²) < 4.78 is 10.9. The normalized spacial score (nSPS) is 15.6. The van der Waals surface area contributed by atoms with E-state index in [-0.39, 0.29) is 11.6 Å². The van der Waals surface area contributed by atoms with E-state index >= 15 is 0 Å². The molecule has 2 heterocycles. The van der Waals surface area contributed by atoms with Crippen molar-refractivity contribution in [3.8, 4) is 34.7 Å². The van der Waals surface area contributed by atoms with Crippen LogP contribution in [0.4, 0.5) is 0 Å². The Bertz CT molecular complexity index is 1080. The van der Waals surface area contributed by atoms with Gasteiger partial charge in [0.2, 0.25) is 11.8 Å². The van der Waals surface area contributed by atoms with Gasteiger partial charge in [-0.25, -0.2) is 0 Å². The Morgan fingerprint density at radius 1 is 1.26 bits per heavy atom. The van der Waals surface area contributed by atoms with Gasteiger partial charge in [-0.05, 0) is 29.8 Å². The fraction of sp³-hybridized carbons (Fsp3) is 0.100. The highest BCUT2D eigenvalue weighted by molar-refractivity contribution is 5.71. The summed E-state index contributed by atoms with van der Waals surface area (Å²) in [6, 6.07) is 16.3. The number of hydrogen-bond donors (Lipinski definition) is 3. The lowest BCUT2D eigenvalue weighted by molar-refractivity contribution is 0.379. The molecule has 0 amide bonds. The second kappa shape index (κ2) is 6.42. The number of allylic oxidation sites excluding steroid dienone is 1. The number of benzene rings is 2. The third-order valence-electron chi connectivity index (χ3n) is 4.52. The van der Waals surface area contributed by atoms with E-state index < -0.39 is 5.92 Å². The summed E-state index contributed by atoms with van der Waals surface area (Å²) >= 11 is 0. The fourth-order valence-corrected chi connectivity index (χ4v) is 3.24. The lowest BCUT2D eigenvalue weighted by Crippen LogP contribution is -2.20. The third kappa shape index (κ3) is 2.73. The highest BCUT2D eigenvalue weighted by Crippen LogP contribution is 2.46. The molecular formula is C20H16N4O3. The van der Waals surface area contributed by atoms with E-state index in [9.17, 15) is 10.4 Å². The van der Waals surface area contributed by atoms with Crippen molar-refractivity contribution in [2.75, 3.05) is 7.11 Å². The van der Waals surface area contributed by atoms with E-state index in [1.54, 1.807) is 31.4 Å². The van der Waals surface area contributed by atoms with Gasteiger partial charge in [0.05, 0.1) is 24.3 Å². The van der Waals surface area contributed by atoms with Gasteiger partial charge in [-0.2, -0.15) is 5.26 Å². The van der Waals surface area contributed by atoms with Crippen LogP contribution < -0.4 is 15.2 Å². The molecule has 4 N–H and O–H groups in total. The van der Waals surface area contributed by atoms with Gasteiger partial charge in [-0.3, -0.25) is 5.10 Å². The monoisotopic (exact) mass is 360 g/mol. The molecule has 0 bridgehead atoms. The highest BCUT2D eigenvalue weighted by atomic mass is 16.5. The van der Waals surface area contributed by atoms with Crippen LogP contribution in [0.1, 0.15) is 17.0 Å². The SMILES string of the molecule is COc1cccc(-c2[nH]nc3c2[C@@H](c2ccc(O)cc2)C(C#N)=C(N)O3)c1. The number of nitriles is 1. The molecule has 0 fully saturated rings. The molecule has 1 aliphatic heterocycles. The van der Waals surface area contributed by atoms with Gasteiger partial charge in [-0.15, -0.1) is 5.10 Å². The maximum Gasteiger partial charge on any atom is 0.244 e. The standard InChI is InChI=1S/C20H16N4O3/c1-26-14-4-2-3-12(9-14)18-17-16(11-5-7-13(25)8-6-11)15(10-21)19(22)27-20(17)24-23-18/h2-9,16,25H,22H2,1H3,(H,23,24)/t16-/m0/s1. The number of aromatic nitrogens is 2. The number of rotatable bonds is 3. The van der Waals surface area contributed by atoms with Crippen molar-refractivity contribution in [3.63, 3.8) is 0 Å². The number of phenols is 1. The first kappa shape index (κ1) is 16.5. The molecule has 27 heavy (non-hydrogen) atoms. The molecule has 0 saturated heterocycles. The number of aromatic amines is 1. The first-order valence-electron chi connectivity index (χ1n) is 8.21. The highest BCUT2D eigenvalue weighted by Gasteiger charge is 2.35. The Morgan fingerprint density at radius 2 is 2.04 bits per heavy atom. The zero-order valence-electron chi connectivity index (χ0n) is 14.4. The first-order chi connectivity index (χ1) is 13.1. The lowest BCUT2D eigenvalue weighted by atomic mass is 9.83. The van der Waals surface area contributed by atoms with Crippen molar-refractivity contribution in [3.05, 3.63) is 71.1 Å². The molecule has 0 radical (unpaired) electrons. The van der Waals surface area contributed by atoms with Gasteiger partial charge in [0, 0.05) is 5.56 Å². The van der Waals surface area contributed by atoms with E-state index in [0.29, 0.717) is 28.5 Å². The Hall–Kier alpha value is -3.92. The van der Waals surface area contributed by atoms with Crippen LogP contribution in [0.3, 0.4) is 0 Å². The van der Waals surface area contributed by atoms with E-state index in [2.05, 4.69) is 16.3 Å². The Labute approximate surface area is 155 Å². The summed E-state index contributed by atoms with van der Waals surface area (Å²) in [5.41, 5.74) is 9.31. The van der Waals surface area contributed by atoms with E-state index in [1.807, 2.05) is 24.3 Å². The average molecular weight is 360 g/mol. The zero-order chi connectivity index (χ0) is 19.0. The molecule has 0 aliphatic carbocycles. The molecule has 1 atom stereocenters. The van der Waals surface area contributed by atoms with Crippen LogP contribution in [-0.2, 0) is 0 Å². The summed E-state index contributed by atoms with van der Waals surface area (Å²) in [4.78, 5) is 0. The van der Waals surface area contributed by atoms with Gasteiger partial charge in [-0.1, -0.05) is 24.3 Å². The topological polar surface area (TPSA) is 117 Å². The van der Waals surface area contributed by atoms with Crippen molar-refractivity contribution in [1.82, 2.24) is 10.2 Å². The Kier molecular flexibility index (Phi) is 3.94. The van der Waals surface area contributed by atoms with Crippen molar-refractivity contribution in [2.45, 2.75) is 5.92 Å². The molecule has 0 saturated carbocycles. The summed E-state index contributed by atoms with van der Waals surface area (Å²) in [6.07, 6.45) is 0. The van der Waals surface area contributed by atoms with Crippen LogP contribution in [0.2, 0.25) is 0 Å². The predicted molar refractivity (Wildman–Crippen MR) is 98.0 cm³/mol. The van der Waals surface area contributed by atoms with Gasteiger partial charge >= 0.3 is 0 Å². The number of H-pyrrole nitrogens is 1. The average Bonchev–Trinajstić information content (AvgIpc) is 3.11. The van der Waals surface area contributed by atoms with E-state index in [1.165, 1.54) is 0 Å². The van der Waals surface area contributed by atoms with Crippen LogP contribution >= 0.6 is 0 Å². The molecular weight excluding hydrogens is 344 g/mol. The maximum absolute atomic E-state index is 9.69. The summed E-state index contributed by atoms with van der Waals surface area (Å²) in [5, 5.41) is 26.5.